The van der Waals surface area contributed by atoms with Crippen LogP contribution in [0.2, 0.25) is 0 Å². The third kappa shape index (κ3) is 3.83. The number of carboxylic acid groups (broad SMARTS) is 2. The van der Waals surface area contributed by atoms with Crippen molar-refractivity contribution in [1.82, 2.24) is 0 Å². The number of fused-ring (bicyclic) bond motifs is 2. The van der Waals surface area contributed by atoms with Crippen LogP contribution in [0.4, 0.5) is 11.4 Å². The number of anilines is 2. The maximum atomic E-state index is 14.2. The third-order valence-electron chi connectivity index (χ3n) is 10.6. The molecule has 0 spiro atoms. The van der Waals surface area contributed by atoms with Gasteiger partial charge in [0.2, 0.25) is 0 Å². The van der Waals surface area contributed by atoms with Gasteiger partial charge in [0.1, 0.15) is 0 Å². The molecule has 0 unspecified atom stereocenters. The third-order valence-corrected chi connectivity index (χ3v) is 10.6. The second kappa shape index (κ2) is 10.3. The van der Waals surface area contributed by atoms with Crippen molar-refractivity contribution in [3.8, 4) is 0 Å². The first-order valence-electron chi connectivity index (χ1n) is 16.5. The zero-order chi connectivity index (χ0) is 36.7. The highest BCUT2D eigenvalue weighted by atomic mass is 16.4. The number of nitrogens with zero attached hydrogens (tertiary/aromatic N) is 2. The first kappa shape index (κ1) is 31.1. The average Bonchev–Trinajstić information content (AvgIpc) is 3.10. The summed E-state index contributed by atoms with van der Waals surface area (Å²) in [7, 11) is 0. The Kier molecular flexibility index (Phi) is 6.15. The van der Waals surface area contributed by atoms with Gasteiger partial charge in [-0.05, 0) is 131 Å². The van der Waals surface area contributed by atoms with E-state index in [1.54, 1.807) is 52.0 Å². The van der Waals surface area contributed by atoms with Gasteiger partial charge in [-0.15, -0.1) is 0 Å². The number of carbonyl (C=O) groups is 6. The van der Waals surface area contributed by atoms with Gasteiger partial charge in [-0.3, -0.25) is 19.2 Å². The topological polar surface area (TPSA) is 149 Å². The SMILES string of the molecule is Cc1cc(C(=O)O)cc(C)c1N1C(=O)c2ccc3c4ccc5c6c(ccc(c7ccc(c2c37)C1=O)c64)C(=O)N(c1c(C)cc(C(=O)O)cc1C)C5=O. The van der Waals surface area contributed by atoms with E-state index in [0.29, 0.717) is 77.4 Å². The number of hydrogen-bond donors (Lipinski definition) is 2. The van der Waals surface area contributed by atoms with Crippen LogP contribution in [-0.4, -0.2) is 45.8 Å². The summed E-state index contributed by atoms with van der Waals surface area (Å²) in [6.07, 6.45) is 0. The Hall–Kier alpha value is -6.94. The molecule has 0 aromatic heterocycles. The van der Waals surface area contributed by atoms with E-state index in [-0.39, 0.29) is 11.1 Å². The molecule has 4 amide bonds. The smallest absolute Gasteiger partial charge is 0.335 e. The van der Waals surface area contributed by atoms with Gasteiger partial charge >= 0.3 is 11.9 Å². The summed E-state index contributed by atoms with van der Waals surface area (Å²) in [5.41, 5.74) is 4.02. The number of hydrogen-bond acceptors (Lipinski definition) is 6. The Labute approximate surface area is 294 Å². The molecule has 52 heavy (non-hydrogen) atoms. The van der Waals surface area contributed by atoms with Gasteiger partial charge in [-0.1, -0.05) is 24.3 Å². The Bertz CT molecular complexity index is 2570. The summed E-state index contributed by atoms with van der Waals surface area (Å²) in [6.45, 7) is 6.69. The predicted octanol–water partition coefficient (Wildman–Crippen LogP) is 7.97. The lowest BCUT2D eigenvalue weighted by Gasteiger charge is -2.32. The normalized spacial score (nSPS) is 14.2. The van der Waals surface area contributed by atoms with Crippen molar-refractivity contribution in [3.63, 3.8) is 0 Å². The first-order valence-corrected chi connectivity index (χ1v) is 16.5. The van der Waals surface area contributed by atoms with Gasteiger partial charge < -0.3 is 10.2 Å². The minimum Gasteiger partial charge on any atom is -0.478 e. The van der Waals surface area contributed by atoms with E-state index in [1.807, 2.05) is 24.3 Å². The Balaban J connectivity index is 1.26. The second-order valence-corrected chi connectivity index (χ2v) is 13.6. The second-order valence-electron chi connectivity index (χ2n) is 13.6. The lowest BCUT2D eigenvalue weighted by molar-refractivity contribution is 0.0686. The van der Waals surface area contributed by atoms with E-state index in [2.05, 4.69) is 0 Å². The van der Waals surface area contributed by atoms with Gasteiger partial charge in [0.05, 0.1) is 22.5 Å². The maximum Gasteiger partial charge on any atom is 0.335 e. The largest absolute Gasteiger partial charge is 0.478 e. The Morgan fingerprint density at radius 1 is 0.423 bits per heavy atom. The Morgan fingerprint density at radius 3 is 0.904 bits per heavy atom. The van der Waals surface area contributed by atoms with Gasteiger partial charge in [0.15, 0.2) is 0 Å². The van der Waals surface area contributed by atoms with E-state index in [4.69, 9.17) is 0 Å². The highest BCUT2D eigenvalue weighted by Crippen LogP contribution is 2.47. The standard InChI is InChI=1S/C42H26N2O8/c1-17-13-21(41(49)50)14-18(2)35(17)43-37(45)27-9-5-23-25-7-11-29-34-30(12-8-26(32(25)34)24-6-10-28(38(43)46)33(27)31(23)24)40(48)44(39(29)47)36-19(3)15-22(42(51)52)16-20(36)4/h5-16H,1-4H3,(H,49,50)(H,51,52). The molecule has 0 bridgehead atoms. The zero-order valence-electron chi connectivity index (χ0n) is 28.2. The predicted molar refractivity (Wildman–Crippen MR) is 196 cm³/mol. The number of rotatable bonds is 4. The van der Waals surface area contributed by atoms with Gasteiger partial charge in [0, 0.05) is 33.0 Å². The fraction of sp³-hybridized carbons (Fsp3) is 0.0952. The zero-order valence-corrected chi connectivity index (χ0v) is 28.2. The van der Waals surface area contributed by atoms with Gasteiger partial charge in [-0.2, -0.15) is 0 Å². The fourth-order valence-electron chi connectivity index (χ4n) is 8.54. The van der Waals surface area contributed by atoms with Gasteiger partial charge in [0.25, 0.3) is 23.6 Å². The van der Waals surface area contributed by atoms with E-state index in [0.717, 1.165) is 31.3 Å². The monoisotopic (exact) mass is 686 g/mol. The fourth-order valence-corrected chi connectivity index (χ4v) is 8.54. The number of carboxylic acids is 2. The van der Waals surface area contributed by atoms with Crippen LogP contribution < -0.4 is 9.80 Å². The first-order chi connectivity index (χ1) is 24.8. The molecular weight excluding hydrogens is 660 g/mol. The lowest BCUT2D eigenvalue weighted by Crippen LogP contribution is -2.41. The van der Waals surface area contributed by atoms with Crippen LogP contribution in [0, 0.1) is 27.7 Å². The summed E-state index contributed by atoms with van der Waals surface area (Å²) in [6, 6.07) is 19.8. The van der Waals surface area contributed by atoms with Crippen molar-refractivity contribution in [3.05, 3.63) is 128 Å². The van der Waals surface area contributed by atoms with Crippen LogP contribution in [-0.2, 0) is 0 Å². The summed E-state index contributed by atoms with van der Waals surface area (Å²) in [5.74, 6) is -4.31. The maximum absolute atomic E-state index is 14.2. The average molecular weight is 687 g/mol. The molecule has 2 aliphatic heterocycles. The number of aromatic carboxylic acids is 2. The molecule has 7 aromatic rings. The van der Waals surface area contributed by atoms with Crippen LogP contribution in [0.15, 0.2) is 72.8 Å². The lowest BCUT2D eigenvalue weighted by atomic mass is 9.82. The molecule has 0 saturated carbocycles. The highest BCUT2D eigenvalue weighted by molar-refractivity contribution is 6.45. The molecule has 2 heterocycles. The minimum absolute atomic E-state index is 0.0594. The molecule has 0 fully saturated rings. The Morgan fingerprint density at radius 2 is 0.673 bits per heavy atom. The van der Waals surface area contributed by atoms with Gasteiger partial charge in [-0.25, -0.2) is 19.4 Å². The van der Waals surface area contributed by atoms with Crippen LogP contribution in [0.25, 0.3) is 43.1 Å². The van der Waals surface area contributed by atoms with Crippen molar-refractivity contribution in [2.75, 3.05) is 9.80 Å². The molecular formula is C42H26N2O8. The molecule has 0 radical (unpaired) electrons. The molecule has 2 N–H and O–H groups in total. The molecule has 10 nitrogen and oxygen atoms in total. The van der Waals surface area contributed by atoms with Crippen molar-refractivity contribution >= 4 is 90.0 Å². The van der Waals surface area contributed by atoms with Crippen LogP contribution in [0.1, 0.15) is 84.4 Å². The number of benzene rings is 7. The summed E-state index contributed by atoms with van der Waals surface area (Å²) in [4.78, 5) is 82.6. The van der Waals surface area contributed by atoms with Crippen molar-refractivity contribution in [2.45, 2.75) is 27.7 Å². The molecule has 0 saturated heterocycles. The van der Waals surface area contributed by atoms with Crippen LogP contribution in [0.3, 0.4) is 0 Å². The van der Waals surface area contributed by atoms with Crippen molar-refractivity contribution < 1.29 is 39.0 Å². The minimum atomic E-state index is -1.11. The van der Waals surface area contributed by atoms with E-state index >= 15 is 0 Å². The molecule has 7 aromatic carbocycles. The van der Waals surface area contributed by atoms with Crippen molar-refractivity contribution in [2.24, 2.45) is 0 Å². The number of carbonyl (C=O) groups excluding carboxylic acids is 4. The molecule has 2 aliphatic rings. The molecule has 10 heteroatoms. The summed E-state index contributed by atoms with van der Waals surface area (Å²) in [5, 5.41) is 24.5. The summed E-state index contributed by atoms with van der Waals surface area (Å²) >= 11 is 0. The summed E-state index contributed by atoms with van der Waals surface area (Å²) < 4.78 is 0. The van der Waals surface area contributed by atoms with Crippen molar-refractivity contribution in [1.29, 1.82) is 0 Å². The molecule has 9 rings (SSSR count). The molecule has 0 atom stereocenters. The quantitative estimate of drug-likeness (QED) is 0.108. The number of aryl methyl sites for hydroxylation is 4. The van der Waals surface area contributed by atoms with Crippen LogP contribution in [0.5, 0.6) is 0 Å². The van der Waals surface area contributed by atoms with E-state index in [1.165, 1.54) is 24.3 Å². The molecule has 0 aliphatic carbocycles. The van der Waals surface area contributed by atoms with Crippen LogP contribution >= 0.6 is 0 Å². The number of imide groups is 2. The van der Waals surface area contributed by atoms with E-state index in [9.17, 15) is 39.0 Å². The highest BCUT2D eigenvalue weighted by Gasteiger charge is 2.39. The number of amides is 4. The van der Waals surface area contributed by atoms with E-state index < -0.39 is 35.6 Å². The molecule has 252 valence electrons.